The van der Waals surface area contributed by atoms with Gasteiger partial charge >= 0.3 is 0 Å². The van der Waals surface area contributed by atoms with Gasteiger partial charge in [0.2, 0.25) is 6.33 Å². The van der Waals surface area contributed by atoms with Gasteiger partial charge in [0.15, 0.2) is 0 Å². The predicted octanol–water partition coefficient (Wildman–Crippen LogP) is 25.3. The minimum atomic E-state index is -0.0948. The Morgan fingerprint density at radius 2 is 0.819 bits per heavy atom. The minimum Gasteiger partial charge on any atom is -0.510 e. The van der Waals surface area contributed by atoms with E-state index in [2.05, 4.69) is 374 Å². The Morgan fingerprint density at radius 1 is 0.362 bits per heavy atom. The van der Waals surface area contributed by atoms with Gasteiger partial charge in [-0.3, -0.25) is 0 Å². The zero-order valence-electron chi connectivity index (χ0n) is 59.0. The number of hydrogen-bond donors (Lipinski definition) is 0. The van der Waals surface area contributed by atoms with Crippen molar-refractivity contribution in [3.8, 4) is 123 Å². The van der Waals surface area contributed by atoms with Gasteiger partial charge in [-0.1, -0.05) is 269 Å². The standard InChI is InChI=1S/C99H76N4O.Pt/c1-99(2,3)85-52-53-100-98(65-85)103-94-51-48-75(82-58-76(69-29-11-4-12-30-69)55-77(59-82)70-31-13-5-14-32-70)64-93(94)92-50-49-88(67-97(92)103)104-87-42-27-41-86(66-87)102-68-101(95-46-24-25-47-96(95)102)54-26-10-23-43-91-89(83-60-78(71-33-15-6-16-34-71)56-79(61-83)72-35-17-7-18-36-72)44-28-45-90(91)84-62-80(73-37-19-8-20-38-73)57-81(63-84)74-39-21-9-22-40-74;/h4-9,11-22,24-25,27-42,44-53,55-65H,10,23,26,43,54H2,1-3H3;/q-2;. The number of imidazole rings is 1. The molecule has 0 bridgehead atoms. The topological polar surface area (TPSA) is 35.9 Å². The van der Waals surface area contributed by atoms with E-state index in [1.54, 1.807) is 0 Å². The van der Waals surface area contributed by atoms with E-state index in [0.29, 0.717) is 11.5 Å². The van der Waals surface area contributed by atoms with Gasteiger partial charge in [0.25, 0.3) is 0 Å². The third kappa shape index (κ3) is 14.2. The number of para-hydroxylation sites is 2. The van der Waals surface area contributed by atoms with E-state index in [1.807, 2.05) is 24.4 Å². The van der Waals surface area contributed by atoms with Crippen molar-refractivity contribution in [1.29, 1.82) is 0 Å². The normalized spacial score (nSPS) is 11.5. The Morgan fingerprint density at radius 3 is 1.32 bits per heavy atom. The van der Waals surface area contributed by atoms with Crippen LogP contribution in [0.2, 0.25) is 0 Å². The van der Waals surface area contributed by atoms with Crippen LogP contribution in [0, 0.1) is 18.5 Å². The molecule has 0 radical (unpaired) electrons. The van der Waals surface area contributed by atoms with Crippen molar-refractivity contribution in [2.45, 2.75) is 58.4 Å². The number of aromatic nitrogens is 4. The van der Waals surface area contributed by atoms with Gasteiger partial charge in [0, 0.05) is 44.3 Å². The molecule has 0 unspecified atom stereocenters. The second kappa shape index (κ2) is 29.8. The van der Waals surface area contributed by atoms with Gasteiger partial charge in [-0.15, -0.1) is 29.7 Å². The Kier molecular flexibility index (Phi) is 19.1. The molecule has 0 spiro atoms. The monoisotopic (exact) mass is 1530 g/mol. The second-order valence-electron chi connectivity index (χ2n) is 28.1. The molecule has 17 rings (SSSR count). The van der Waals surface area contributed by atoms with Crippen LogP contribution in [-0.4, -0.2) is 14.1 Å². The van der Waals surface area contributed by atoms with Gasteiger partial charge in [0.05, 0.1) is 17.6 Å². The third-order valence-corrected chi connectivity index (χ3v) is 20.2. The molecule has 0 amide bonds. The molecule has 0 aliphatic carbocycles. The van der Waals surface area contributed by atoms with Crippen LogP contribution in [0.1, 0.15) is 51.2 Å². The number of hydrogen-bond acceptors (Lipinski definition) is 2. The SMILES string of the molecule is CC(C)(C)c1ccnc(-n2c3[c-]c(Oc4[c-]c(-n5[c-][n+](CCCCCc6c(-c7cc(-c8ccccc8)cc(-c8ccccc8)c7)cccc6-c6cc(-c7ccccc7)cc(-c7ccccc7)c6)c6ccccc65)ccc4)ccc3c3cc(-c4cc(-c5ccccc5)cc(-c5ccccc5)c4)ccc32)c1.[Pt]. The summed E-state index contributed by atoms with van der Waals surface area (Å²) in [6.07, 6.45) is 9.58. The molecule has 0 aliphatic rings. The fraction of sp³-hybridized carbons (Fsp3) is 0.0909. The van der Waals surface area contributed by atoms with Crippen molar-refractivity contribution in [2.75, 3.05) is 0 Å². The molecule has 0 N–H and O–H groups in total. The van der Waals surface area contributed by atoms with Crippen LogP contribution in [0.5, 0.6) is 11.5 Å². The van der Waals surface area contributed by atoms with Gasteiger partial charge in [-0.05, 0) is 221 Å². The van der Waals surface area contributed by atoms with Crippen molar-refractivity contribution in [1.82, 2.24) is 14.1 Å². The summed E-state index contributed by atoms with van der Waals surface area (Å²) in [7, 11) is 0. The quantitative estimate of drug-likeness (QED) is 0.0459. The average Bonchev–Trinajstić information content (AvgIpc) is 1.71. The summed E-state index contributed by atoms with van der Waals surface area (Å²) in [5, 5.41) is 2.15. The van der Waals surface area contributed by atoms with Crippen LogP contribution in [0.3, 0.4) is 0 Å². The Labute approximate surface area is 629 Å². The summed E-state index contributed by atoms with van der Waals surface area (Å²) in [4.78, 5) is 5.05. The summed E-state index contributed by atoms with van der Waals surface area (Å²) >= 11 is 0. The number of fused-ring (bicyclic) bond motifs is 4. The van der Waals surface area contributed by atoms with Gasteiger partial charge in [-0.25, -0.2) is 4.98 Å². The Balaban J connectivity index is 0.00000847. The Bertz CT molecular complexity index is 5620. The van der Waals surface area contributed by atoms with E-state index >= 15 is 0 Å². The molecule has 105 heavy (non-hydrogen) atoms. The number of benzene rings is 14. The van der Waals surface area contributed by atoms with Crippen molar-refractivity contribution < 1.29 is 30.4 Å². The average molecular weight is 1530 g/mol. The molecule has 0 fully saturated rings. The molecule has 0 atom stereocenters. The third-order valence-electron chi connectivity index (χ3n) is 20.2. The van der Waals surface area contributed by atoms with Gasteiger partial charge in [0.1, 0.15) is 5.82 Å². The number of nitrogens with zero attached hydrogens (tertiary/aromatic N) is 4. The van der Waals surface area contributed by atoms with Crippen LogP contribution < -0.4 is 9.30 Å². The molecule has 6 heteroatoms. The summed E-state index contributed by atoms with van der Waals surface area (Å²) in [6, 6.07) is 130. The minimum absolute atomic E-state index is 0. The Hall–Kier alpha value is -12.0. The zero-order chi connectivity index (χ0) is 69.9. The number of unbranched alkanes of at least 4 members (excludes halogenated alkanes) is 2. The molecular weight excluding hydrogens is 1460 g/mol. The largest absolute Gasteiger partial charge is 0.510 e. The first-order chi connectivity index (χ1) is 51.2. The first-order valence-electron chi connectivity index (χ1n) is 36.2. The summed E-state index contributed by atoms with van der Waals surface area (Å²) in [5.41, 5.74) is 28.8. The summed E-state index contributed by atoms with van der Waals surface area (Å²) in [5.74, 6) is 1.98. The molecule has 510 valence electrons. The van der Waals surface area contributed by atoms with E-state index in [9.17, 15) is 0 Å². The van der Waals surface area contributed by atoms with Crippen molar-refractivity contribution in [2.24, 2.45) is 0 Å². The fourth-order valence-electron chi connectivity index (χ4n) is 14.9. The van der Waals surface area contributed by atoms with Crippen LogP contribution in [0.15, 0.2) is 346 Å². The number of rotatable bonds is 19. The molecule has 14 aromatic carbocycles. The maximum Gasteiger partial charge on any atom is 0.242 e. The van der Waals surface area contributed by atoms with Gasteiger partial charge in [-0.2, -0.15) is 18.2 Å². The van der Waals surface area contributed by atoms with E-state index in [0.717, 1.165) is 87.7 Å². The molecular formula is C99H76N4OPt-2. The molecule has 3 heterocycles. The summed E-state index contributed by atoms with van der Waals surface area (Å²) < 4.78 is 13.5. The molecule has 3 aromatic heterocycles. The first-order valence-corrected chi connectivity index (χ1v) is 36.2. The van der Waals surface area contributed by atoms with Crippen LogP contribution in [0.4, 0.5) is 0 Å². The fourth-order valence-corrected chi connectivity index (χ4v) is 14.9. The molecule has 0 saturated heterocycles. The van der Waals surface area contributed by atoms with Crippen molar-refractivity contribution >= 4 is 32.8 Å². The smallest absolute Gasteiger partial charge is 0.242 e. The maximum absolute atomic E-state index is 6.86. The molecule has 0 saturated carbocycles. The van der Waals surface area contributed by atoms with E-state index in [1.165, 1.54) is 100 Å². The van der Waals surface area contributed by atoms with Crippen molar-refractivity contribution in [3.63, 3.8) is 0 Å². The van der Waals surface area contributed by atoms with Crippen LogP contribution >= 0.6 is 0 Å². The van der Waals surface area contributed by atoms with E-state index < -0.39 is 0 Å². The van der Waals surface area contributed by atoms with E-state index in [-0.39, 0.29) is 26.5 Å². The van der Waals surface area contributed by atoms with Crippen LogP contribution in [-0.2, 0) is 39.4 Å². The van der Waals surface area contributed by atoms with E-state index in [4.69, 9.17) is 9.72 Å². The zero-order valence-corrected chi connectivity index (χ0v) is 61.2. The maximum atomic E-state index is 6.86. The summed E-state index contributed by atoms with van der Waals surface area (Å²) in [6.45, 7) is 7.53. The second-order valence-corrected chi connectivity index (χ2v) is 28.1. The molecule has 0 aliphatic heterocycles. The number of pyridine rings is 1. The van der Waals surface area contributed by atoms with Crippen molar-refractivity contribution in [3.05, 3.63) is 376 Å². The predicted molar refractivity (Wildman–Crippen MR) is 430 cm³/mol. The first kappa shape index (κ1) is 67.5. The van der Waals surface area contributed by atoms with Gasteiger partial charge < -0.3 is 18.4 Å². The number of aryl methyl sites for hydroxylation is 1. The number of ether oxygens (including phenoxy) is 1. The molecule has 5 nitrogen and oxygen atoms in total. The van der Waals surface area contributed by atoms with Crippen LogP contribution in [0.25, 0.3) is 144 Å². The molecule has 17 aromatic rings.